The zero-order chi connectivity index (χ0) is 17.2. The first kappa shape index (κ1) is 19.3. The second-order valence-electron chi connectivity index (χ2n) is 5.35. The van der Waals surface area contributed by atoms with Crippen LogP contribution in [0, 0.1) is 0 Å². The molecule has 1 rings (SSSR count). The lowest BCUT2D eigenvalue weighted by atomic mass is 10.0. The molecule has 1 atom stereocenters. The van der Waals surface area contributed by atoms with Crippen LogP contribution in [-0.2, 0) is 25.5 Å². The number of likely N-dealkylation sites (N-methyl/N-ethyl adjacent to an activating group) is 1. The molecule has 0 bridgehead atoms. The maximum absolute atomic E-state index is 12.8. The quantitative estimate of drug-likeness (QED) is 0.647. The van der Waals surface area contributed by atoms with Crippen molar-refractivity contribution in [2.45, 2.75) is 25.7 Å². The van der Waals surface area contributed by atoms with Crippen molar-refractivity contribution in [3.05, 3.63) is 35.9 Å². The third kappa shape index (κ3) is 6.48. The maximum atomic E-state index is 12.8. The van der Waals surface area contributed by atoms with Crippen LogP contribution in [0.5, 0.6) is 0 Å². The monoisotopic (exact) mass is 322 g/mol. The molecule has 1 amide bonds. The lowest BCUT2D eigenvalue weighted by molar-refractivity contribution is -0.149. The summed E-state index contributed by atoms with van der Waals surface area (Å²) < 4.78 is 10.3. The number of benzene rings is 1. The van der Waals surface area contributed by atoms with Crippen LogP contribution in [0.15, 0.2) is 30.3 Å². The van der Waals surface area contributed by atoms with Gasteiger partial charge in [-0.05, 0) is 26.0 Å². The zero-order valence-electron chi connectivity index (χ0n) is 14.2. The standard InChI is InChI=1S/C17H26N2O4/c1-13(20)11-19(12-16(22-3)23-4)17(21)15(18-2)10-14-8-6-5-7-9-14/h5-9,15-16,18H,10-12H2,1-4H3. The molecule has 0 aliphatic rings. The SMILES string of the molecule is CNC(Cc1ccccc1)C(=O)N(CC(C)=O)CC(OC)OC. The Kier molecular flexibility index (Phi) is 8.47. The van der Waals surface area contributed by atoms with E-state index in [1.54, 1.807) is 7.05 Å². The molecule has 6 nitrogen and oxygen atoms in total. The summed E-state index contributed by atoms with van der Waals surface area (Å²) >= 11 is 0. The summed E-state index contributed by atoms with van der Waals surface area (Å²) in [4.78, 5) is 25.7. The fourth-order valence-corrected chi connectivity index (χ4v) is 2.31. The summed E-state index contributed by atoms with van der Waals surface area (Å²) in [6.45, 7) is 1.70. The van der Waals surface area contributed by atoms with Crippen LogP contribution in [0.1, 0.15) is 12.5 Å². The van der Waals surface area contributed by atoms with Crippen LogP contribution >= 0.6 is 0 Å². The molecule has 0 fully saturated rings. The molecule has 23 heavy (non-hydrogen) atoms. The Morgan fingerprint density at radius 3 is 2.26 bits per heavy atom. The number of amides is 1. The van der Waals surface area contributed by atoms with Gasteiger partial charge in [0.2, 0.25) is 5.91 Å². The Bertz CT molecular complexity index is 489. The van der Waals surface area contributed by atoms with Gasteiger partial charge in [-0.15, -0.1) is 0 Å². The molecule has 0 saturated heterocycles. The van der Waals surface area contributed by atoms with E-state index in [2.05, 4.69) is 5.32 Å². The van der Waals surface area contributed by atoms with Crippen LogP contribution in [0.2, 0.25) is 0 Å². The topological polar surface area (TPSA) is 67.9 Å². The molecule has 0 aliphatic heterocycles. The van der Waals surface area contributed by atoms with Gasteiger partial charge in [-0.25, -0.2) is 0 Å². The van der Waals surface area contributed by atoms with Crippen LogP contribution in [0.3, 0.4) is 0 Å². The third-order valence-corrected chi connectivity index (χ3v) is 3.55. The average Bonchev–Trinajstić information content (AvgIpc) is 2.56. The lowest BCUT2D eigenvalue weighted by Crippen LogP contribution is -2.50. The molecule has 0 aliphatic carbocycles. The minimum atomic E-state index is -0.562. The molecule has 0 saturated carbocycles. The number of carbonyl (C=O) groups excluding carboxylic acids is 2. The molecule has 6 heteroatoms. The second-order valence-corrected chi connectivity index (χ2v) is 5.35. The number of nitrogens with zero attached hydrogens (tertiary/aromatic N) is 1. The summed E-state index contributed by atoms with van der Waals surface area (Å²) in [6, 6.07) is 9.34. The smallest absolute Gasteiger partial charge is 0.240 e. The maximum Gasteiger partial charge on any atom is 0.240 e. The van der Waals surface area contributed by atoms with E-state index >= 15 is 0 Å². The lowest BCUT2D eigenvalue weighted by Gasteiger charge is -2.29. The Morgan fingerprint density at radius 1 is 1.17 bits per heavy atom. The summed E-state index contributed by atoms with van der Waals surface area (Å²) in [6.07, 6.45) is -0.0117. The first-order valence-electron chi connectivity index (χ1n) is 7.56. The molecular formula is C17H26N2O4. The fourth-order valence-electron chi connectivity index (χ4n) is 2.31. The van der Waals surface area contributed by atoms with Crippen molar-refractivity contribution in [2.75, 3.05) is 34.4 Å². The van der Waals surface area contributed by atoms with Crippen LogP contribution in [-0.4, -0.2) is 63.3 Å². The molecule has 1 unspecified atom stereocenters. The first-order chi connectivity index (χ1) is 11.0. The van der Waals surface area contributed by atoms with Gasteiger partial charge in [0.15, 0.2) is 6.29 Å². The highest BCUT2D eigenvalue weighted by molar-refractivity contribution is 5.87. The number of methoxy groups -OCH3 is 2. The van der Waals surface area contributed by atoms with E-state index < -0.39 is 12.3 Å². The van der Waals surface area contributed by atoms with Gasteiger partial charge in [-0.2, -0.15) is 0 Å². The van der Waals surface area contributed by atoms with Crippen LogP contribution < -0.4 is 5.32 Å². The number of hydrogen-bond donors (Lipinski definition) is 1. The highest BCUT2D eigenvalue weighted by atomic mass is 16.7. The minimum Gasteiger partial charge on any atom is -0.354 e. The number of carbonyl (C=O) groups is 2. The summed E-state index contributed by atoms with van der Waals surface area (Å²) in [5, 5.41) is 3.03. The predicted molar refractivity (Wildman–Crippen MR) is 88.1 cm³/mol. The Balaban J connectivity index is 2.84. The average molecular weight is 322 g/mol. The van der Waals surface area contributed by atoms with E-state index in [0.29, 0.717) is 6.42 Å². The number of hydrogen-bond acceptors (Lipinski definition) is 5. The van der Waals surface area contributed by atoms with Gasteiger partial charge in [0, 0.05) is 14.2 Å². The molecular weight excluding hydrogens is 296 g/mol. The minimum absolute atomic E-state index is 0.0367. The molecule has 0 spiro atoms. The number of Topliss-reactive ketones (excluding diaryl/α,β-unsaturated/α-hetero) is 1. The molecule has 1 aromatic carbocycles. The normalized spacial score (nSPS) is 12.2. The van der Waals surface area contributed by atoms with Crippen molar-refractivity contribution < 1.29 is 19.1 Å². The highest BCUT2D eigenvalue weighted by Gasteiger charge is 2.26. The van der Waals surface area contributed by atoms with Gasteiger partial charge in [-0.3, -0.25) is 9.59 Å². The Labute approximate surface area is 137 Å². The van der Waals surface area contributed by atoms with E-state index in [0.717, 1.165) is 5.56 Å². The van der Waals surface area contributed by atoms with Crippen molar-refractivity contribution in [1.82, 2.24) is 10.2 Å². The van der Waals surface area contributed by atoms with E-state index in [4.69, 9.17) is 9.47 Å². The Morgan fingerprint density at radius 2 is 1.78 bits per heavy atom. The molecule has 1 N–H and O–H groups in total. The van der Waals surface area contributed by atoms with Gasteiger partial charge >= 0.3 is 0 Å². The van der Waals surface area contributed by atoms with Crippen LogP contribution in [0.4, 0.5) is 0 Å². The van der Waals surface area contributed by atoms with Crippen LogP contribution in [0.25, 0.3) is 0 Å². The summed E-state index contributed by atoms with van der Waals surface area (Å²) in [5.74, 6) is -0.232. The molecule has 128 valence electrons. The first-order valence-corrected chi connectivity index (χ1v) is 7.56. The molecule has 0 aromatic heterocycles. The van der Waals surface area contributed by atoms with Crippen molar-refractivity contribution in [2.24, 2.45) is 0 Å². The van der Waals surface area contributed by atoms with Crippen molar-refractivity contribution in [1.29, 1.82) is 0 Å². The van der Waals surface area contributed by atoms with Gasteiger partial charge in [-0.1, -0.05) is 30.3 Å². The third-order valence-electron chi connectivity index (χ3n) is 3.55. The van der Waals surface area contributed by atoms with E-state index in [1.165, 1.54) is 26.0 Å². The number of rotatable bonds is 10. The predicted octanol–water partition coefficient (Wildman–Crippen LogP) is 0.854. The van der Waals surface area contributed by atoms with Gasteiger partial charge in [0.05, 0.1) is 19.1 Å². The van der Waals surface area contributed by atoms with Crippen molar-refractivity contribution in [3.63, 3.8) is 0 Å². The number of ketones is 1. The van der Waals surface area contributed by atoms with E-state index in [-0.39, 0.29) is 24.8 Å². The summed E-state index contributed by atoms with van der Waals surface area (Å²) in [7, 11) is 4.75. The molecule has 1 aromatic rings. The summed E-state index contributed by atoms with van der Waals surface area (Å²) in [5.41, 5.74) is 1.05. The Hall–Kier alpha value is -1.76. The molecule has 0 radical (unpaired) electrons. The largest absolute Gasteiger partial charge is 0.354 e. The van der Waals surface area contributed by atoms with Gasteiger partial charge < -0.3 is 19.7 Å². The fraction of sp³-hybridized carbons (Fsp3) is 0.529. The van der Waals surface area contributed by atoms with Crippen molar-refractivity contribution in [3.8, 4) is 0 Å². The van der Waals surface area contributed by atoms with E-state index in [9.17, 15) is 9.59 Å². The van der Waals surface area contributed by atoms with Gasteiger partial charge in [0.25, 0.3) is 0 Å². The number of nitrogens with one attached hydrogen (secondary N) is 1. The van der Waals surface area contributed by atoms with Gasteiger partial charge in [0.1, 0.15) is 5.78 Å². The highest BCUT2D eigenvalue weighted by Crippen LogP contribution is 2.08. The molecule has 0 heterocycles. The zero-order valence-corrected chi connectivity index (χ0v) is 14.2. The number of ether oxygens (including phenoxy) is 2. The second kappa shape index (κ2) is 10.1. The van der Waals surface area contributed by atoms with Crippen molar-refractivity contribution >= 4 is 11.7 Å². The van der Waals surface area contributed by atoms with E-state index in [1.807, 2.05) is 30.3 Å².